The van der Waals surface area contributed by atoms with E-state index in [4.69, 9.17) is 16.3 Å². The van der Waals surface area contributed by atoms with E-state index >= 15 is 0 Å². The fourth-order valence-electron chi connectivity index (χ4n) is 3.93. The molecule has 6 heteroatoms. The summed E-state index contributed by atoms with van der Waals surface area (Å²) in [4.78, 5) is 17.3. The van der Waals surface area contributed by atoms with Crippen molar-refractivity contribution < 1.29 is 9.53 Å². The van der Waals surface area contributed by atoms with Crippen LogP contribution >= 0.6 is 11.6 Å². The lowest BCUT2D eigenvalue weighted by atomic mass is 10.1. The first-order valence-corrected chi connectivity index (χ1v) is 11.0. The van der Waals surface area contributed by atoms with Crippen LogP contribution in [0.2, 0.25) is 5.02 Å². The summed E-state index contributed by atoms with van der Waals surface area (Å²) in [5.74, 6) is 0.771. The minimum absolute atomic E-state index is 0.0253. The number of anilines is 1. The molecule has 1 N–H and O–H groups in total. The van der Waals surface area contributed by atoms with Gasteiger partial charge in [-0.1, -0.05) is 30.7 Å². The van der Waals surface area contributed by atoms with Gasteiger partial charge in [-0.3, -0.25) is 9.69 Å². The zero-order valence-electron chi connectivity index (χ0n) is 18.3. The molecule has 1 aliphatic rings. The first-order valence-electron chi connectivity index (χ1n) is 10.6. The number of rotatable bonds is 8. The van der Waals surface area contributed by atoms with Crippen LogP contribution in [0.25, 0.3) is 0 Å². The van der Waals surface area contributed by atoms with E-state index < -0.39 is 0 Å². The normalized spacial score (nSPS) is 16.4. The van der Waals surface area contributed by atoms with Gasteiger partial charge in [0.05, 0.1) is 12.8 Å². The highest BCUT2D eigenvalue weighted by molar-refractivity contribution is 6.30. The number of nitrogens with one attached hydrogen (secondary N) is 1. The van der Waals surface area contributed by atoms with Crippen LogP contribution in [-0.4, -0.2) is 49.6 Å². The standard InChI is InChI=1S/C24H32ClN3O2/c1-5-27(17(2)3)15-18-6-8-19(9-7-18)24(29)26-21-12-13-28(16-21)22-14-20(25)10-11-23(22)30-4/h6-11,14,17,21H,5,12-13,15-16H2,1-4H3,(H,26,29). The predicted octanol–water partition coefficient (Wildman–Crippen LogP) is 4.59. The van der Waals surface area contributed by atoms with E-state index in [1.807, 2.05) is 30.3 Å². The Kier molecular flexibility index (Phi) is 7.62. The Hall–Kier alpha value is -2.24. The van der Waals surface area contributed by atoms with Gasteiger partial charge < -0.3 is 15.0 Å². The number of carbonyl (C=O) groups is 1. The molecule has 1 amide bonds. The summed E-state index contributed by atoms with van der Waals surface area (Å²) >= 11 is 6.17. The summed E-state index contributed by atoms with van der Waals surface area (Å²) in [5, 5.41) is 3.85. The average molecular weight is 430 g/mol. The van der Waals surface area contributed by atoms with Crippen molar-refractivity contribution in [3.05, 3.63) is 58.6 Å². The number of nitrogens with zero attached hydrogens (tertiary/aromatic N) is 2. The SMILES string of the molecule is CCN(Cc1ccc(C(=O)NC2CCN(c3cc(Cl)ccc3OC)C2)cc1)C(C)C. The van der Waals surface area contributed by atoms with E-state index in [1.165, 1.54) is 5.56 Å². The molecule has 0 spiro atoms. The van der Waals surface area contributed by atoms with Crippen LogP contribution in [-0.2, 0) is 6.54 Å². The van der Waals surface area contributed by atoms with Gasteiger partial charge >= 0.3 is 0 Å². The first-order chi connectivity index (χ1) is 14.4. The zero-order chi connectivity index (χ0) is 21.7. The molecule has 0 saturated carbocycles. The molecule has 5 nitrogen and oxygen atoms in total. The van der Waals surface area contributed by atoms with Gasteiger partial charge in [-0.15, -0.1) is 0 Å². The lowest BCUT2D eigenvalue weighted by Gasteiger charge is -2.24. The van der Waals surface area contributed by atoms with E-state index in [2.05, 4.69) is 48.0 Å². The van der Waals surface area contributed by atoms with Crippen LogP contribution in [0, 0.1) is 0 Å². The number of ether oxygens (including phenoxy) is 1. The van der Waals surface area contributed by atoms with Crippen LogP contribution in [0.1, 0.15) is 43.1 Å². The number of methoxy groups -OCH3 is 1. The number of hydrogen-bond donors (Lipinski definition) is 1. The molecule has 0 bridgehead atoms. The summed E-state index contributed by atoms with van der Waals surface area (Å²) < 4.78 is 5.47. The van der Waals surface area contributed by atoms with E-state index in [1.54, 1.807) is 7.11 Å². The van der Waals surface area contributed by atoms with Crippen molar-refractivity contribution in [2.75, 3.05) is 31.6 Å². The van der Waals surface area contributed by atoms with Crippen molar-refractivity contribution in [3.8, 4) is 5.75 Å². The average Bonchev–Trinajstić information content (AvgIpc) is 3.20. The maximum Gasteiger partial charge on any atom is 0.251 e. The highest BCUT2D eigenvalue weighted by atomic mass is 35.5. The topological polar surface area (TPSA) is 44.8 Å². The second-order valence-electron chi connectivity index (χ2n) is 8.08. The van der Waals surface area contributed by atoms with Gasteiger partial charge in [-0.2, -0.15) is 0 Å². The summed E-state index contributed by atoms with van der Waals surface area (Å²) in [6.45, 7) is 10.1. The summed E-state index contributed by atoms with van der Waals surface area (Å²) in [5.41, 5.74) is 2.89. The number of hydrogen-bond acceptors (Lipinski definition) is 4. The molecule has 2 aromatic carbocycles. The Morgan fingerprint density at radius 1 is 1.27 bits per heavy atom. The highest BCUT2D eigenvalue weighted by Crippen LogP contribution is 2.33. The Bertz CT molecular complexity index is 854. The van der Waals surface area contributed by atoms with Gasteiger partial charge in [0.25, 0.3) is 5.91 Å². The number of benzene rings is 2. The third kappa shape index (κ3) is 5.46. The van der Waals surface area contributed by atoms with Gasteiger partial charge in [-0.05, 0) is 62.7 Å². The zero-order valence-corrected chi connectivity index (χ0v) is 19.1. The number of halogens is 1. The second-order valence-corrected chi connectivity index (χ2v) is 8.51. The molecule has 1 unspecified atom stereocenters. The van der Waals surface area contributed by atoms with Gasteiger partial charge in [-0.25, -0.2) is 0 Å². The number of amides is 1. The lowest BCUT2D eigenvalue weighted by molar-refractivity contribution is 0.0940. The van der Waals surface area contributed by atoms with Gasteiger partial charge in [0.2, 0.25) is 0 Å². The molecular weight excluding hydrogens is 398 g/mol. The second kappa shape index (κ2) is 10.2. The maximum absolute atomic E-state index is 12.7. The molecule has 1 atom stereocenters. The molecule has 30 heavy (non-hydrogen) atoms. The Morgan fingerprint density at radius 3 is 2.63 bits per heavy atom. The van der Waals surface area contributed by atoms with Gasteiger partial charge in [0, 0.05) is 42.3 Å². The molecular formula is C24H32ClN3O2. The fraction of sp³-hybridized carbons (Fsp3) is 0.458. The van der Waals surface area contributed by atoms with E-state index in [-0.39, 0.29) is 11.9 Å². The van der Waals surface area contributed by atoms with Crippen LogP contribution in [0.5, 0.6) is 5.75 Å². The third-order valence-corrected chi connectivity index (χ3v) is 5.98. The largest absolute Gasteiger partial charge is 0.495 e. The van der Waals surface area contributed by atoms with Gasteiger partial charge in [0.1, 0.15) is 5.75 Å². The highest BCUT2D eigenvalue weighted by Gasteiger charge is 2.26. The minimum Gasteiger partial charge on any atom is -0.495 e. The van der Waals surface area contributed by atoms with Crippen LogP contribution < -0.4 is 15.0 Å². The van der Waals surface area contributed by atoms with Crippen molar-refractivity contribution >= 4 is 23.2 Å². The molecule has 1 fully saturated rings. The Morgan fingerprint density at radius 2 is 2.00 bits per heavy atom. The van der Waals surface area contributed by atoms with Crippen LogP contribution in [0.4, 0.5) is 5.69 Å². The van der Waals surface area contributed by atoms with E-state index in [0.717, 1.165) is 44.0 Å². The van der Waals surface area contributed by atoms with Gasteiger partial charge in [0.15, 0.2) is 0 Å². The van der Waals surface area contributed by atoms with Crippen molar-refractivity contribution in [2.45, 2.75) is 45.8 Å². The molecule has 2 aromatic rings. The maximum atomic E-state index is 12.7. The molecule has 0 aromatic heterocycles. The molecule has 162 valence electrons. The molecule has 1 saturated heterocycles. The fourth-order valence-corrected chi connectivity index (χ4v) is 4.10. The molecule has 3 rings (SSSR count). The van der Waals surface area contributed by atoms with Crippen molar-refractivity contribution in [1.82, 2.24) is 10.2 Å². The van der Waals surface area contributed by atoms with Crippen molar-refractivity contribution in [3.63, 3.8) is 0 Å². The predicted molar refractivity (Wildman–Crippen MR) is 124 cm³/mol. The summed E-state index contributed by atoms with van der Waals surface area (Å²) in [7, 11) is 1.66. The van der Waals surface area contributed by atoms with Crippen LogP contribution in [0.3, 0.4) is 0 Å². The van der Waals surface area contributed by atoms with Crippen molar-refractivity contribution in [2.24, 2.45) is 0 Å². The lowest BCUT2D eigenvalue weighted by Crippen LogP contribution is -2.37. The van der Waals surface area contributed by atoms with Crippen LogP contribution in [0.15, 0.2) is 42.5 Å². The van der Waals surface area contributed by atoms with Crippen molar-refractivity contribution in [1.29, 1.82) is 0 Å². The Balaban J connectivity index is 1.59. The quantitative estimate of drug-likeness (QED) is 0.666. The summed E-state index contributed by atoms with van der Waals surface area (Å²) in [6, 6.07) is 14.2. The summed E-state index contributed by atoms with van der Waals surface area (Å²) in [6.07, 6.45) is 0.888. The third-order valence-electron chi connectivity index (χ3n) is 5.74. The molecule has 0 radical (unpaired) electrons. The monoisotopic (exact) mass is 429 g/mol. The van der Waals surface area contributed by atoms with E-state index in [9.17, 15) is 4.79 Å². The smallest absolute Gasteiger partial charge is 0.251 e. The number of carbonyl (C=O) groups excluding carboxylic acids is 1. The first kappa shape index (κ1) is 22.4. The molecule has 1 heterocycles. The molecule has 0 aliphatic carbocycles. The van der Waals surface area contributed by atoms with E-state index in [0.29, 0.717) is 16.6 Å². The Labute approximate surface area is 185 Å². The molecule has 1 aliphatic heterocycles. The minimum atomic E-state index is -0.0253.